The third-order valence-corrected chi connectivity index (χ3v) is 5.35. The highest BCUT2D eigenvalue weighted by Gasteiger charge is 2.15. The molecule has 9 heteroatoms. The molecule has 0 saturated heterocycles. The number of aromatic nitrogens is 2. The lowest BCUT2D eigenvalue weighted by molar-refractivity contribution is 0.104. The lowest BCUT2D eigenvalue weighted by atomic mass is 10.1. The molecule has 0 amide bonds. The van der Waals surface area contributed by atoms with Crippen LogP contribution < -0.4 is 10.0 Å². The second-order valence-electron chi connectivity index (χ2n) is 6.42. The number of hydrogen-bond donors (Lipinski definition) is 2. The van der Waals surface area contributed by atoms with Crippen LogP contribution in [0.2, 0.25) is 0 Å². The van der Waals surface area contributed by atoms with E-state index < -0.39 is 15.8 Å². The maximum atomic E-state index is 12.9. The van der Waals surface area contributed by atoms with Crippen molar-refractivity contribution in [3.05, 3.63) is 89.8 Å². The van der Waals surface area contributed by atoms with Gasteiger partial charge in [-0.25, -0.2) is 22.8 Å². The Morgan fingerprint density at radius 2 is 1.67 bits per heavy atom. The molecule has 1 heterocycles. The molecule has 0 unspecified atom stereocenters. The molecule has 0 bridgehead atoms. The molecule has 2 aromatic carbocycles. The van der Waals surface area contributed by atoms with E-state index in [1.54, 1.807) is 32.0 Å². The van der Waals surface area contributed by atoms with E-state index in [0.29, 0.717) is 22.8 Å². The topological polar surface area (TPSA) is 101 Å². The lowest BCUT2D eigenvalue weighted by Crippen LogP contribution is -2.14. The van der Waals surface area contributed by atoms with Gasteiger partial charge in [0.1, 0.15) is 17.5 Å². The fraction of sp³-hybridized carbons (Fsp3) is 0.0952. The minimum absolute atomic E-state index is 0.0633. The number of carbonyl (C=O) groups is 1. The molecule has 0 atom stereocenters. The molecular weight excluding hydrogens is 407 g/mol. The largest absolute Gasteiger partial charge is 0.362 e. The molecule has 0 fully saturated rings. The number of hydrogen-bond acceptors (Lipinski definition) is 6. The van der Waals surface area contributed by atoms with Crippen LogP contribution in [0.15, 0.2) is 71.8 Å². The number of carbonyl (C=O) groups excluding carboxylic acids is 1. The molecule has 3 aromatic rings. The first kappa shape index (κ1) is 21.1. The van der Waals surface area contributed by atoms with Crippen molar-refractivity contribution in [3.63, 3.8) is 0 Å². The van der Waals surface area contributed by atoms with E-state index >= 15 is 0 Å². The quantitative estimate of drug-likeness (QED) is 0.440. The van der Waals surface area contributed by atoms with Crippen LogP contribution in [-0.2, 0) is 10.0 Å². The lowest BCUT2D eigenvalue weighted by Gasteiger charge is -2.09. The Bertz CT molecular complexity index is 1170. The van der Waals surface area contributed by atoms with Crippen LogP contribution >= 0.6 is 0 Å². The molecule has 2 N–H and O–H groups in total. The van der Waals surface area contributed by atoms with Crippen LogP contribution in [0.1, 0.15) is 21.9 Å². The minimum atomic E-state index is -3.81. The average molecular weight is 426 g/mol. The van der Waals surface area contributed by atoms with E-state index in [1.165, 1.54) is 48.7 Å². The summed E-state index contributed by atoms with van der Waals surface area (Å²) < 4.78 is 40.4. The summed E-state index contributed by atoms with van der Waals surface area (Å²) in [5, 5.41) is 2.89. The Morgan fingerprint density at radius 1 is 1.00 bits per heavy atom. The zero-order valence-electron chi connectivity index (χ0n) is 16.3. The molecule has 0 aliphatic carbocycles. The maximum Gasteiger partial charge on any atom is 0.263 e. The number of rotatable bonds is 7. The van der Waals surface area contributed by atoms with E-state index in [-0.39, 0.29) is 16.5 Å². The number of anilines is 2. The third-order valence-electron chi connectivity index (χ3n) is 3.98. The summed E-state index contributed by atoms with van der Waals surface area (Å²) in [4.78, 5) is 20.3. The van der Waals surface area contributed by atoms with Gasteiger partial charge in [-0.15, -0.1) is 0 Å². The van der Waals surface area contributed by atoms with Crippen molar-refractivity contribution >= 4 is 27.3 Å². The number of nitrogens with one attached hydrogen (secondary N) is 2. The summed E-state index contributed by atoms with van der Waals surface area (Å²) in [7, 11) is -3.81. The van der Waals surface area contributed by atoms with Gasteiger partial charge in [0.05, 0.1) is 4.90 Å². The van der Waals surface area contributed by atoms with Gasteiger partial charge in [-0.05, 0) is 62.4 Å². The Hall–Kier alpha value is -3.59. The van der Waals surface area contributed by atoms with Crippen molar-refractivity contribution in [2.75, 3.05) is 10.0 Å². The second-order valence-corrected chi connectivity index (χ2v) is 8.10. The van der Waals surface area contributed by atoms with Gasteiger partial charge in [0.2, 0.25) is 0 Å². The number of benzene rings is 2. The van der Waals surface area contributed by atoms with Crippen LogP contribution in [0.5, 0.6) is 0 Å². The van der Waals surface area contributed by atoms with Crippen LogP contribution in [0.4, 0.5) is 15.9 Å². The van der Waals surface area contributed by atoms with Crippen LogP contribution in [0, 0.1) is 19.7 Å². The number of nitrogens with zero attached hydrogens (tertiary/aromatic N) is 2. The van der Waals surface area contributed by atoms with Crippen molar-refractivity contribution < 1.29 is 17.6 Å². The molecule has 0 aliphatic rings. The highest BCUT2D eigenvalue weighted by Crippen LogP contribution is 2.18. The minimum Gasteiger partial charge on any atom is -0.362 e. The predicted octanol–water partition coefficient (Wildman–Crippen LogP) is 3.84. The van der Waals surface area contributed by atoms with Crippen LogP contribution in [0.3, 0.4) is 0 Å². The fourth-order valence-corrected chi connectivity index (χ4v) is 3.61. The molecule has 7 nitrogen and oxygen atoms in total. The first-order chi connectivity index (χ1) is 14.2. The van der Waals surface area contributed by atoms with Gasteiger partial charge in [0.15, 0.2) is 5.78 Å². The number of ketones is 1. The van der Waals surface area contributed by atoms with Gasteiger partial charge in [0, 0.05) is 35.3 Å². The number of sulfonamides is 1. The Morgan fingerprint density at radius 3 is 2.30 bits per heavy atom. The molecule has 30 heavy (non-hydrogen) atoms. The maximum absolute atomic E-state index is 12.9. The van der Waals surface area contributed by atoms with Gasteiger partial charge in [0.25, 0.3) is 10.0 Å². The molecule has 0 saturated carbocycles. The number of allylic oxidation sites excluding steroid dienone is 1. The van der Waals surface area contributed by atoms with Crippen molar-refractivity contribution in [2.45, 2.75) is 18.7 Å². The van der Waals surface area contributed by atoms with Crippen LogP contribution in [0.25, 0.3) is 0 Å². The SMILES string of the molecule is Cc1cc(NS(=O)(=O)c2ccc(N/C=C\C(=O)c3ccc(F)cc3)cc2)nc(C)n1. The first-order valence-electron chi connectivity index (χ1n) is 8.91. The summed E-state index contributed by atoms with van der Waals surface area (Å²) in [6.07, 6.45) is 2.74. The van der Waals surface area contributed by atoms with Gasteiger partial charge >= 0.3 is 0 Å². The summed E-state index contributed by atoms with van der Waals surface area (Å²) in [5.74, 6) is -0.0387. The molecule has 3 rings (SSSR count). The van der Waals surface area contributed by atoms with Gasteiger partial charge in [-0.2, -0.15) is 0 Å². The predicted molar refractivity (Wildman–Crippen MR) is 112 cm³/mol. The standard InChI is InChI=1S/C21H19FN4O3S/c1-14-13-21(25-15(2)24-14)26-30(28,29)19-9-7-18(8-10-19)23-12-11-20(27)16-3-5-17(22)6-4-16/h3-13,23H,1-2H3,(H,24,25,26)/b12-11-. The zero-order chi connectivity index (χ0) is 21.7. The average Bonchev–Trinajstić information content (AvgIpc) is 2.67. The normalized spacial score (nSPS) is 11.4. The molecule has 0 radical (unpaired) electrons. The van der Waals surface area contributed by atoms with Crippen LogP contribution in [-0.4, -0.2) is 24.2 Å². The second kappa shape index (κ2) is 8.83. The van der Waals surface area contributed by atoms with Gasteiger partial charge < -0.3 is 5.32 Å². The van der Waals surface area contributed by atoms with E-state index in [2.05, 4.69) is 20.0 Å². The van der Waals surface area contributed by atoms with E-state index in [0.717, 1.165) is 0 Å². The monoisotopic (exact) mass is 426 g/mol. The molecule has 1 aromatic heterocycles. The Balaban J connectivity index is 1.65. The van der Waals surface area contributed by atoms with E-state index in [4.69, 9.17) is 0 Å². The van der Waals surface area contributed by atoms with E-state index in [9.17, 15) is 17.6 Å². The highest BCUT2D eigenvalue weighted by molar-refractivity contribution is 7.92. The smallest absolute Gasteiger partial charge is 0.263 e. The van der Waals surface area contributed by atoms with Crippen molar-refractivity contribution in [1.82, 2.24) is 9.97 Å². The van der Waals surface area contributed by atoms with Crippen molar-refractivity contribution in [1.29, 1.82) is 0 Å². The zero-order valence-corrected chi connectivity index (χ0v) is 17.1. The van der Waals surface area contributed by atoms with Crippen molar-refractivity contribution in [3.8, 4) is 0 Å². The molecule has 0 aliphatic heterocycles. The summed E-state index contributed by atoms with van der Waals surface area (Å²) in [6, 6.07) is 12.8. The summed E-state index contributed by atoms with van der Waals surface area (Å²) in [6.45, 7) is 3.43. The highest BCUT2D eigenvalue weighted by atomic mass is 32.2. The Labute approximate surface area is 173 Å². The fourth-order valence-electron chi connectivity index (χ4n) is 2.62. The molecule has 0 spiro atoms. The van der Waals surface area contributed by atoms with E-state index in [1.807, 2.05) is 0 Å². The Kier molecular flexibility index (Phi) is 6.22. The van der Waals surface area contributed by atoms with Gasteiger partial charge in [-0.1, -0.05) is 0 Å². The third kappa shape index (κ3) is 5.48. The molecular formula is C21H19FN4O3S. The number of aryl methyl sites for hydroxylation is 2. The first-order valence-corrected chi connectivity index (χ1v) is 10.4. The number of halogens is 1. The summed E-state index contributed by atoms with van der Waals surface area (Å²) in [5.41, 5.74) is 1.60. The van der Waals surface area contributed by atoms with Gasteiger partial charge in [-0.3, -0.25) is 9.52 Å². The van der Waals surface area contributed by atoms with Crippen molar-refractivity contribution in [2.24, 2.45) is 0 Å². The molecule has 154 valence electrons. The summed E-state index contributed by atoms with van der Waals surface area (Å²) >= 11 is 0.